The third-order valence-corrected chi connectivity index (χ3v) is 4.21. The van der Waals surface area contributed by atoms with Crippen LogP contribution >= 0.6 is 0 Å². The maximum atomic E-state index is 4.09. The molecule has 1 fully saturated rings. The quantitative estimate of drug-likeness (QED) is 0.722. The highest BCUT2D eigenvalue weighted by atomic mass is 15.2. The first-order valence-electron chi connectivity index (χ1n) is 6.55. The van der Waals surface area contributed by atoms with E-state index >= 15 is 0 Å². The van der Waals surface area contributed by atoms with Crippen LogP contribution in [-0.4, -0.2) is 42.5 Å². The predicted octanol–water partition coefficient (Wildman–Crippen LogP) is 2.66. The van der Waals surface area contributed by atoms with Crippen LogP contribution in [-0.2, 0) is 0 Å². The van der Waals surface area contributed by atoms with Crippen LogP contribution in [0.15, 0.2) is 36.6 Å². The molecule has 0 N–H and O–H groups in total. The fourth-order valence-corrected chi connectivity index (χ4v) is 3.04. The molecule has 17 heavy (non-hydrogen) atoms. The summed E-state index contributed by atoms with van der Waals surface area (Å²) in [7, 11) is 4.42. The van der Waals surface area contributed by atoms with Gasteiger partial charge in [0, 0.05) is 30.7 Å². The van der Waals surface area contributed by atoms with E-state index in [1.807, 2.05) is 0 Å². The normalized spacial score (nSPS) is 33.0. The van der Waals surface area contributed by atoms with Crippen LogP contribution in [0.3, 0.4) is 0 Å². The summed E-state index contributed by atoms with van der Waals surface area (Å²) in [5, 5.41) is 0. The largest absolute Gasteiger partial charge is 0.375 e. The van der Waals surface area contributed by atoms with Gasteiger partial charge in [-0.1, -0.05) is 30.9 Å². The molecule has 3 atom stereocenters. The van der Waals surface area contributed by atoms with Gasteiger partial charge in [-0.2, -0.15) is 0 Å². The van der Waals surface area contributed by atoms with Crippen molar-refractivity contribution in [1.82, 2.24) is 9.80 Å². The molecule has 0 bridgehead atoms. The van der Waals surface area contributed by atoms with Gasteiger partial charge in [-0.3, -0.25) is 4.90 Å². The van der Waals surface area contributed by atoms with Gasteiger partial charge in [0.1, 0.15) is 0 Å². The Hall–Kier alpha value is -1.02. The van der Waals surface area contributed by atoms with E-state index in [4.69, 9.17) is 0 Å². The predicted molar refractivity (Wildman–Crippen MR) is 73.8 cm³/mol. The minimum atomic E-state index is 0.550. The van der Waals surface area contributed by atoms with Crippen molar-refractivity contribution in [3.05, 3.63) is 36.6 Å². The van der Waals surface area contributed by atoms with Gasteiger partial charge in [0.2, 0.25) is 0 Å². The van der Waals surface area contributed by atoms with Gasteiger partial charge in [0.15, 0.2) is 0 Å². The number of nitrogens with zero attached hydrogens (tertiary/aromatic N) is 2. The Kier molecular flexibility index (Phi) is 3.72. The topological polar surface area (TPSA) is 6.48 Å². The number of hydrogen-bond acceptors (Lipinski definition) is 2. The fraction of sp³-hybridized carbons (Fsp3) is 0.600. The molecule has 1 heterocycles. The first-order valence-corrected chi connectivity index (χ1v) is 6.55. The molecule has 1 aliphatic carbocycles. The maximum absolute atomic E-state index is 4.09. The number of hydrogen-bond donors (Lipinski definition) is 0. The smallest absolute Gasteiger partial charge is 0.0364 e. The molecule has 0 aromatic carbocycles. The van der Waals surface area contributed by atoms with Gasteiger partial charge in [-0.05, 0) is 33.4 Å². The van der Waals surface area contributed by atoms with E-state index < -0.39 is 0 Å². The molecule has 2 aliphatic rings. The summed E-state index contributed by atoms with van der Waals surface area (Å²) in [6.45, 7) is 7.39. The maximum Gasteiger partial charge on any atom is 0.0364 e. The minimum Gasteiger partial charge on any atom is -0.375 e. The minimum absolute atomic E-state index is 0.550. The molecule has 0 saturated carbocycles. The van der Waals surface area contributed by atoms with Gasteiger partial charge in [-0.25, -0.2) is 0 Å². The molecule has 3 unspecified atom stereocenters. The van der Waals surface area contributed by atoms with Crippen molar-refractivity contribution in [1.29, 1.82) is 0 Å². The van der Waals surface area contributed by atoms with Crippen molar-refractivity contribution in [3.8, 4) is 0 Å². The lowest BCUT2D eigenvalue weighted by Crippen LogP contribution is -2.44. The molecular formula is C15H24N2. The molecule has 1 aliphatic heterocycles. The molecular weight excluding hydrogens is 208 g/mol. The van der Waals surface area contributed by atoms with Gasteiger partial charge in [-0.15, -0.1) is 0 Å². The summed E-state index contributed by atoms with van der Waals surface area (Å²) >= 11 is 0. The summed E-state index contributed by atoms with van der Waals surface area (Å²) < 4.78 is 0. The van der Waals surface area contributed by atoms with Gasteiger partial charge in [0.05, 0.1) is 0 Å². The lowest BCUT2D eigenvalue weighted by molar-refractivity contribution is 0.187. The lowest BCUT2D eigenvalue weighted by atomic mass is 9.86. The number of allylic oxidation sites excluding steroid dienone is 3. The second-order valence-electron chi connectivity index (χ2n) is 5.37. The van der Waals surface area contributed by atoms with Crippen LogP contribution in [0.4, 0.5) is 0 Å². The zero-order valence-electron chi connectivity index (χ0n) is 11.3. The number of rotatable bonds is 2. The number of fused-ring (bicyclic) bond motifs is 1. The first-order chi connectivity index (χ1) is 8.11. The van der Waals surface area contributed by atoms with E-state index in [1.54, 1.807) is 0 Å². The summed E-state index contributed by atoms with van der Waals surface area (Å²) in [4.78, 5) is 4.84. The Morgan fingerprint density at radius 3 is 2.76 bits per heavy atom. The van der Waals surface area contributed by atoms with Gasteiger partial charge in [0.25, 0.3) is 0 Å². The summed E-state index contributed by atoms with van der Waals surface area (Å²) in [6, 6.07) is 1.14. The molecule has 0 amide bonds. The van der Waals surface area contributed by atoms with Crippen molar-refractivity contribution in [3.63, 3.8) is 0 Å². The van der Waals surface area contributed by atoms with E-state index in [1.165, 1.54) is 25.1 Å². The molecule has 0 spiro atoms. The number of likely N-dealkylation sites (N-methyl/N-ethyl adjacent to an activating group) is 1. The second-order valence-corrected chi connectivity index (χ2v) is 5.37. The lowest BCUT2D eigenvalue weighted by Gasteiger charge is -2.39. The molecule has 0 aromatic heterocycles. The first kappa shape index (κ1) is 12.4. The highest BCUT2D eigenvalue weighted by Crippen LogP contribution is 2.31. The van der Waals surface area contributed by atoms with Gasteiger partial charge >= 0.3 is 0 Å². The van der Waals surface area contributed by atoms with Gasteiger partial charge < -0.3 is 4.90 Å². The SMILES string of the molecule is C=C(C)N(C)C1CCCN(C)C2C=CC=CC21. The zero-order chi connectivity index (χ0) is 12.4. The summed E-state index contributed by atoms with van der Waals surface area (Å²) in [5.74, 6) is 0.592. The molecule has 2 heteroatoms. The fourth-order valence-electron chi connectivity index (χ4n) is 3.04. The van der Waals surface area contributed by atoms with E-state index in [0.29, 0.717) is 18.0 Å². The highest BCUT2D eigenvalue weighted by Gasteiger charge is 2.34. The Bertz CT molecular complexity index is 343. The third kappa shape index (κ3) is 2.47. The highest BCUT2D eigenvalue weighted by molar-refractivity contribution is 5.20. The van der Waals surface area contributed by atoms with E-state index in [0.717, 1.165) is 0 Å². The molecule has 94 valence electrons. The Morgan fingerprint density at radius 1 is 1.35 bits per heavy atom. The van der Waals surface area contributed by atoms with Crippen molar-refractivity contribution < 1.29 is 0 Å². The van der Waals surface area contributed by atoms with E-state index in [-0.39, 0.29) is 0 Å². The monoisotopic (exact) mass is 232 g/mol. The molecule has 0 aromatic rings. The summed E-state index contributed by atoms with van der Waals surface area (Å²) in [6.07, 6.45) is 11.6. The molecule has 2 nitrogen and oxygen atoms in total. The van der Waals surface area contributed by atoms with Crippen LogP contribution in [0.1, 0.15) is 19.8 Å². The third-order valence-electron chi connectivity index (χ3n) is 4.21. The summed E-state index contributed by atoms with van der Waals surface area (Å²) in [5.41, 5.74) is 1.17. The molecule has 2 rings (SSSR count). The van der Waals surface area contributed by atoms with Crippen LogP contribution in [0.5, 0.6) is 0 Å². The van der Waals surface area contributed by atoms with Crippen molar-refractivity contribution in [2.45, 2.75) is 31.8 Å². The Balaban J connectivity index is 2.24. The van der Waals surface area contributed by atoms with E-state index in [2.05, 4.69) is 61.7 Å². The standard InChI is InChI=1S/C15H24N2/c1-12(2)17(4)15-10-7-11-16(3)14-9-6-5-8-13(14)15/h5-6,8-9,13-15H,1,7,10-11H2,2-4H3. The van der Waals surface area contributed by atoms with Crippen LogP contribution < -0.4 is 0 Å². The Labute approximate surface area is 105 Å². The molecule has 0 radical (unpaired) electrons. The van der Waals surface area contributed by atoms with Crippen LogP contribution in [0.25, 0.3) is 0 Å². The zero-order valence-corrected chi connectivity index (χ0v) is 11.3. The average Bonchev–Trinajstić information content (AvgIpc) is 2.49. The molecule has 1 saturated heterocycles. The Morgan fingerprint density at radius 2 is 2.06 bits per heavy atom. The second kappa shape index (κ2) is 5.09. The van der Waals surface area contributed by atoms with Crippen molar-refractivity contribution in [2.24, 2.45) is 5.92 Å². The van der Waals surface area contributed by atoms with Crippen LogP contribution in [0, 0.1) is 5.92 Å². The number of likely N-dealkylation sites (tertiary alicyclic amines) is 1. The van der Waals surface area contributed by atoms with Crippen LogP contribution in [0.2, 0.25) is 0 Å². The van der Waals surface area contributed by atoms with E-state index in [9.17, 15) is 0 Å². The average molecular weight is 232 g/mol. The van der Waals surface area contributed by atoms with Crippen molar-refractivity contribution in [2.75, 3.05) is 20.6 Å². The van der Waals surface area contributed by atoms with Crippen molar-refractivity contribution >= 4 is 0 Å².